The monoisotopic (exact) mass is 250 g/mol. The van der Waals surface area contributed by atoms with Gasteiger partial charge < -0.3 is 10.1 Å². The van der Waals surface area contributed by atoms with E-state index < -0.39 is 5.97 Å². The van der Waals surface area contributed by atoms with E-state index in [9.17, 15) is 4.79 Å². The Morgan fingerprint density at radius 1 is 1.41 bits per heavy atom. The molecular weight excluding hydrogens is 240 g/mol. The Bertz CT molecular complexity index is 523. The van der Waals surface area contributed by atoms with E-state index in [2.05, 4.69) is 25.0 Å². The number of nitrogens with one attached hydrogen (secondary N) is 1. The first-order valence-electron chi connectivity index (χ1n) is 4.78. The number of hydrogen-bond donors (Lipinski definition) is 1. The molecule has 0 aliphatic rings. The van der Waals surface area contributed by atoms with E-state index in [1.54, 1.807) is 0 Å². The molecule has 2 heterocycles. The van der Waals surface area contributed by atoms with Gasteiger partial charge in [-0.05, 0) is 6.92 Å². The van der Waals surface area contributed by atoms with E-state index in [0.717, 1.165) is 10.8 Å². The van der Waals surface area contributed by atoms with Gasteiger partial charge in [0, 0.05) is 5.38 Å². The summed E-state index contributed by atoms with van der Waals surface area (Å²) in [5.41, 5.74) is 1.12. The molecule has 2 aromatic rings. The lowest BCUT2D eigenvalue weighted by molar-refractivity contribution is 0.0593. The molecule has 0 bridgehead atoms. The van der Waals surface area contributed by atoms with Gasteiger partial charge in [0.2, 0.25) is 0 Å². The van der Waals surface area contributed by atoms with Crippen LogP contribution in [-0.2, 0) is 4.74 Å². The fourth-order valence-electron chi connectivity index (χ4n) is 1.12. The minimum atomic E-state index is -0.505. The number of carbonyl (C=O) groups is 1. The summed E-state index contributed by atoms with van der Waals surface area (Å²) in [5, 5.41) is 5.66. The van der Waals surface area contributed by atoms with Crippen molar-refractivity contribution in [3.8, 4) is 0 Å². The lowest BCUT2D eigenvalue weighted by Gasteiger charge is -2.01. The number of carbonyl (C=O) groups excluding carboxylic acids is 1. The molecule has 0 fully saturated rings. The number of hydrogen-bond acceptors (Lipinski definition) is 7. The zero-order valence-corrected chi connectivity index (χ0v) is 10.1. The molecule has 0 radical (unpaired) electrons. The van der Waals surface area contributed by atoms with Crippen LogP contribution >= 0.6 is 11.3 Å². The van der Waals surface area contributed by atoms with Crippen molar-refractivity contribution in [1.29, 1.82) is 0 Å². The Labute approximate surface area is 102 Å². The molecule has 0 saturated carbocycles. The fourth-order valence-corrected chi connectivity index (χ4v) is 1.82. The number of methoxy groups -OCH3 is 1. The second-order valence-corrected chi connectivity index (χ2v) is 4.06. The van der Waals surface area contributed by atoms with Crippen LogP contribution in [0.2, 0.25) is 0 Å². The molecule has 0 unspecified atom stereocenters. The van der Waals surface area contributed by atoms with Crippen LogP contribution in [0.1, 0.15) is 16.2 Å². The summed E-state index contributed by atoms with van der Waals surface area (Å²) in [6.45, 7) is 1.91. The highest BCUT2D eigenvalue weighted by atomic mass is 32.1. The number of aromatic nitrogens is 3. The minimum Gasteiger partial charge on any atom is -0.464 e. The average molecular weight is 250 g/mol. The van der Waals surface area contributed by atoms with Crippen LogP contribution < -0.4 is 5.32 Å². The van der Waals surface area contributed by atoms with Crippen LogP contribution in [0.3, 0.4) is 0 Å². The van der Waals surface area contributed by atoms with Crippen LogP contribution in [0.15, 0.2) is 17.8 Å². The smallest absolute Gasteiger partial charge is 0.358 e. The maximum atomic E-state index is 11.1. The Morgan fingerprint density at radius 2 is 2.24 bits per heavy atom. The summed E-state index contributed by atoms with van der Waals surface area (Å²) in [6, 6.07) is 0. The number of esters is 1. The lowest BCUT2D eigenvalue weighted by Crippen LogP contribution is -2.05. The van der Waals surface area contributed by atoms with E-state index in [0.29, 0.717) is 5.82 Å². The highest BCUT2D eigenvalue weighted by molar-refractivity contribution is 7.13. The van der Waals surface area contributed by atoms with Crippen molar-refractivity contribution >= 4 is 28.3 Å². The quantitative estimate of drug-likeness (QED) is 0.836. The second kappa shape index (κ2) is 4.88. The second-order valence-electron chi connectivity index (χ2n) is 3.20. The first-order chi connectivity index (χ1) is 8.19. The van der Waals surface area contributed by atoms with Crippen LogP contribution in [0.5, 0.6) is 0 Å². The third-order valence-electron chi connectivity index (χ3n) is 1.90. The third-order valence-corrected chi connectivity index (χ3v) is 2.78. The molecule has 7 heteroatoms. The van der Waals surface area contributed by atoms with E-state index in [1.807, 2.05) is 12.3 Å². The zero-order chi connectivity index (χ0) is 12.3. The lowest BCUT2D eigenvalue weighted by atomic mass is 10.4. The molecule has 17 heavy (non-hydrogen) atoms. The molecular formula is C10H10N4O2S. The molecule has 0 aliphatic heterocycles. The topological polar surface area (TPSA) is 77.0 Å². The van der Waals surface area contributed by atoms with E-state index >= 15 is 0 Å². The summed E-state index contributed by atoms with van der Waals surface area (Å²) in [4.78, 5) is 23.3. The predicted molar refractivity (Wildman–Crippen MR) is 63.5 cm³/mol. The highest BCUT2D eigenvalue weighted by Crippen LogP contribution is 2.18. The number of aryl methyl sites for hydroxylation is 1. The molecule has 0 spiro atoms. The molecule has 2 rings (SSSR count). The van der Waals surface area contributed by atoms with Gasteiger partial charge in [-0.3, -0.25) is 0 Å². The first kappa shape index (κ1) is 11.5. The predicted octanol–water partition coefficient (Wildman–Crippen LogP) is 1.77. The van der Waals surface area contributed by atoms with Gasteiger partial charge in [-0.15, -0.1) is 11.3 Å². The Morgan fingerprint density at radius 3 is 2.76 bits per heavy atom. The van der Waals surface area contributed by atoms with E-state index in [4.69, 9.17) is 0 Å². The van der Waals surface area contributed by atoms with Gasteiger partial charge >= 0.3 is 5.97 Å². The average Bonchev–Trinajstić information content (AvgIpc) is 2.75. The van der Waals surface area contributed by atoms with Crippen LogP contribution in [0.25, 0.3) is 0 Å². The standard InChI is InChI=1S/C10H10N4O2S/c1-6-5-17-10(13-6)14-8-4-11-7(3-12-8)9(15)16-2/h3-5H,1-2H3,(H,12,13,14). The van der Waals surface area contributed by atoms with Crippen molar-refractivity contribution in [2.75, 3.05) is 12.4 Å². The number of thiazole rings is 1. The number of nitrogens with zero attached hydrogens (tertiary/aromatic N) is 3. The van der Waals surface area contributed by atoms with Crippen LogP contribution in [-0.4, -0.2) is 28.0 Å². The largest absolute Gasteiger partial charge is 0.464 e. The fraction of sp³-hybridized carbons (Fsp3) is 0.200. The van der Waals surface area contributed by atoms with Gasteiger partial charge in [0.1, 0.15) is 0 Å². The molecule has 0 amide bonds. The minimum absolute atomic E-state index is 0.174. The Balaban J connectivity index is 2.10. The maximum Gasteiger partial charge on any atom is 0.358 e. The molecule has 1 N–H and O–H groups in total. The van der Waals surface area contributed by atoms with Gasteiger partial charge in [0.15, 0.2) is 16.6 Å². The SMILES string of the molecule is COC(=O)c1cnc(Nc2nc(C)cs2)cn1. The summed E-state index contributed by atoms with van der Waals surface area (Å²) >= 11 is 1.48. The summed E-state index contributed by atoms with van der Waals surface area (Å²) < 4.78 is 4.53. The zero-order valence-electron chi connectivity index (χ0n) is 9.30. The Hall–Kier alpha value is -2.02. The number of ether oxygens (including phenoxy) is 1. The van der Waals surface area contributed by atoms with Gasteiger partial charge in [-0.2, -0.15) is 0 Å². The summed E-state index contributed by atoms with van der Waals surface area (Å²) in [7, 11) is 1.30. The first-order valence-corrected chi connectivity index (χ1v) is 5.66. The Kier molecular flexibility index (Phi) is 3.29. The third kappa shape index (κ3) is 2.76. The van der Waals surface area contributed by atoms with Gasteiger partial charge in [-0.25, -0.2) is 19.7 Å². The van der Waals surface area contributed by atoms with Crippen molar-refractivity contribution in [3.63, 3.8) is 0 Å². The van der Waals surface area contributed by atoms with Crippen molar-refractivity contribution in [1.82, 2.24) is 15.0 Å². The molecule has 0 saturated heterocycles. The van der Waals surface area contributed by atoms with Gasteiger partial charge in [0.05, 0.1) is 25.2 Å². The molecule has 2 aromatic heterocycles. The normalized spacial score (nSPS) is 10.0. The number of rotatable bonds is 3. The molecule has 6 nitrogen and oxygen atoms in total. The number of anilines is 2. The van der Waals surface area contributed by atoms with Crippen molar-refractivity contribution in [2.45, 2.75) is 6.92 Å². The van der Waals surface area contributed by atoms with Crippen molar-refractivity contribution in [3.05, 3.63) is 29.2 Å². The van der Waals surface area contributed by atoms with Crippen LogP contribution in [0, 0.1) is 6.92 Å². The van der Waals surface area contributed by atoms with Gasteiger partial charge in [0.25, 0.3) is 0 Å². The van der Waals surface area contributed by atoms with Crippen molar-refractivity contribution in [2.24, 2.45) is 0 Å². The van der Waals surface area contributed by atoms with Crippen LogP contribution in [0.4, 0.5) is 10.9 Å². The van der Waals surface area contributed by atoms with E-state index in [-0.39, 0.29) is 5.69 Å². The van der Waals surface area contributed by atoms with Gasteiger partial charge in [-0.1, -0.05) is 0 Å². The molecule has 0 aliphatic carbocycles. The summed E-state index contributed by atoms with van der Waals surface area (Å²) in [5.74, 6) is 0.0288. The molecule has 0 aromatic carbocycles. The highest BCUT2D eigenvalue weighted by Gasteiger charge is 2.07. The molecule has 88 valence electrons. The summed E-state index contributed by atoms with van der Waals surface area (Å²) in [6.07, 6.45) is 2.82. The van der Waals surface area contributed by atoms with Crippen molar-refractivity contribution < 1.29 is 9.53 Å². The van der Waals surface area contributed by atoms with E-state index in [1.165, 1.54) is 30.8 Å². The maximum absolute atomic E-state index is 11.1. The molecule has 0 atom stereocenters.